The van der Waals surface area contributed by atoms with Crippen LogP contribution in [0.4, 0.5) is 18.9 Å². The Kier molecular flexibility index (Phi) is 6.48. The Labute approximate surface area is 202 Å². The number of alkyl halides is 3. The van der Waals surface area contributed by atoms with E-state index < -0.39 is 12.7 Å². The topological polar surface area (TPSA) is 85.5 Å². The summed E-state index contributed by atoms with van der Waals surface area (Å²) in [5, 5.41) is 8.27. The molecule has 10 heteroatoms. The number of fused-ring (bicyclic) bond motifs is 1. The fourth-order valence-electron chi connectivity index (χ4n) is 4.31. The maximum Gasteiger partial charge on any atom is 0.406 e. The quantitative estimate of drug-likeness (QED) is 0.419. The molecule has 4 rings (SSSR count). The van der Waals surface area contributed by atoms with E-state index in [4.69, 9.17) is 5.73 Å². The lowest BCUT2D eigenvalue weighted by atomic mass is 9.99. The Hall–Kier alpha value is -3.56. The molecule has 0 amide bonds. The van der Waals surface area contributed by atoms with Crippen molar-refractivity contribution < 1.29 is 13.2 Å². The first kappa shape index (κ1) is 24.6. The van der Waals surface area contributed by atoms with Crippen LogP contribution in [0.5, 0.6) is 0 Å². The van der Waals surface area contributed by atoms with E-state index in [0.29, 0.717) is 46.8 Å². The minimum Gasteiger partial charge on any atom is -0.398 e. The van der Waals surface area contributed by atoms with Gasteiger partial charge in [0.2, 0.25) is 0 Å². The van der Waals surface area contributed by atoms with E-state index >= 15 is 0 Å². The summed E-state index contributed by atoms with van der Waals surface area (Å²) in [5.74, 6) is 0.265. The molecule has 1 aliphatic rings. The third-order valence-electron chi connectivity index (χ3n) is 6.14. The number of hydrogen-bond donors (Lipinski definition) is 2. The number of hydrogen-bond acceptors (Lipinski definition) is 5. The third-order valence-corrected chi connectivity index (χ3v) is 6.14. The van der Waals surface area contributed by atoms with Gasteiger partial charge in [-0.15, -0.1) is 0 Å². The smallest absolute Gasteiger partial charge is 0.398 e. The first-order valence-corrected chi connectivity index (χ1v) is 11.5. The van der Waals surface area contributed by atoms with E-state index in [0.717, 1.165) is 18.4 Å². The highest BCUT2D eigenvalue weighted by Gasteiger charge is 2.31. The molecule has 0 aliphatic carbocycles. The lowest BCUT2D eigenvalue weighted by molar-refractivity contribution is -0.139. The molecule has 3 aromatic rings. The molecule has 2 aromatic heterocycles. The number of halogens is 3. The zero-order valence-corrected chi connectivity index (χ0v) is 20.2. The molecule has 0 fully saturated rings. The van der Waals surface area contributed by atoms with Crippen LogP contribution in [0.1, 0.15) is 44.9 Å². The number of rotatable bonds is 9. The van der Waals surface area contributed by atoms with Crippen molar-refractivity contribution in [3.63, 3.8) is 0 Å². The highest BCUT2D eigenvalue weighted by atomic mass is 19.4. The largest absolute Gasteiger partial charge is 0.406 e. The van der Waals surface area contributed by atoms with Gasteiger partial charge in [0.05, 0.1) is 41.7 Å². The van der Waals surface area contributed by atoms with Crippen molar-refractivity contribution in [1.82, 2.24) is 19.7 Å². The number of benzene rings is 1. The number of aromatic nitrogens is 3. The Morgan fingerprint density at radius 2 is 2.03 bits per heavy atom. The standard InChI is InChI=1S/C25H30F3N7/c1-5-9-24(3,4)35-14-17(11-32-35)16(2)30-12-18-13-31-23(33-18)22-10-19-20(29)7-6-8-21(19)34(22)15-25(26,27)28/h6-8,10-11,14,30H,2,5,9,12-13,15,29H2,1,3-4H3. The van der Waals surface area contributed by atoms with Gasteiger partial charge < -0.3 is 15.6 Å². The predicted octanol–water partition coefficient (Wildman–Crippen LogP) is 4.98. The zero-order chi connectivity index (χ0) is 25.4. The van der Waals surface area contributed by atoms with Crippen LogP contribution in [-0.2, 0) is 12.1 Å². The summed E-state index contributed by atoms with van der Waals surface area (Å²) < 4.78 is 43.1. The van der Waals surface area contributed by atoms with Gasteiger partial charge >= 0.3 is 6.18 Å². The first-order valence-electron chi connectivity index (χ1n) is 11.5. The van der Waals surface area contributed by atoms with Gasteiger partial charge in [0.15, 0.2) is 5.84 Å². The fraction of sp³-hybridized carbons (Fsp3) is 0.400. The van der Waals surface area contributed by atoms with Crippen LogP contribution in [0.25, 0.3) is 16.6 Å². The van der Waals surface area contributed by atoms with Crippen LogP contribution in [0, 0.1) is 0 Å². The normalized spacial score (nSPS) is 14.3. The molecule has 186 valence electrons. The number of nitrogens with one attached hydrogen (secondary N) is 1. The minimum absolute atomic E-state index is 0.0934. The highest BCUT2D eigenvalue weighted by molar-refractivity contribution is 6.14. The Bertz CT molecular complexity index is 1310. The molecular formula is C25H30F3N7. The van der Waals surface area contributed by atoms with Crippen LogP contribution in [0.15, 0.2) is 53.2 Å². The van der Waals surface area contributed by atoms with Gasteiger partial charge in [-0.25, -0.2) is 4.99 Å². The third kappa shape index (κ3) is 5.26. The Morgan fingerprint density at radius 1 is 1.26 bits per heavy atom. The molecule has 0 spiro atoms. The van der Waals surface area contributed by atoms with Crippen molar-refractivity contribution >= 4 is 33.8 Å². The average Bonchev–Trinajstić information content (AvgIpc) is 3.51. The van der Waals surface area contributed by atoms with Gasteiger partial charge in [0.1, 0.15) is 6.54 Å². The average molecular weight is 486 g/mol. The molecule has 3 N–H and O–H groups in total. The summed E-state index contributed by atoms with van der Waals surface area (Å²) in [7, 11) is 0. The summed E-state index contributed by atoms with van der Waals surface area (Å²) in [6.07, 6.45) is 1.39. The zero-order valence-electron chi connectivity index (χ0n) is 20.2. The summed E-state index contributed by atoms with van der Waals surface area (Å²) in [6.45, 7) is 10.0. The van der Waals surface area contributed by atoms with E-state index in [1.807, 2.05) is 10.9 Å². The molecular weight excluding hydrogens is 455 g/mol. The lowest BCUT2D eigenvalue weighted by Gasteiger charge is -2.24. The van der Waals surface area contributed by atoms with Crippen molar-refractivity contribution in [2.45, 2.75) is 51.9 Å². The molecule has 0 unspecified atom stereocenters. The van der Waals surface area contributed by atoms with Crippen molar-refractivity contribution in [2.24, 2.45) is 9.98 Å². The molecule has 0 radical (unpaired) electrons. The van der Waals surface area contributed by atoms with Crippen LogP contribution in [0.2, 0.25) is 0 Å². The molecule has 0 atom stereocenters. The number of amidine groups is 1. The molecule has 1 aromatic carbocycles. The minimum atomic E-state index is -4.40. The van der Waals surface area contributed by atoms with E-state index in [9.17, 15) is 13.2 Å². The number of nitrogen functional groups attached to an aromatic ring is 1. The summed E-state index contributed by atoms with van der Waals surface area (Å²) in [6, 6.07) is 6.55. The molecule has 0 saturated heterocycles. The number of aliphatic imine (C=N–C) groups is 2. The van der Waals surface area contributed by atoms with Gasteiger partial charge in [0.25, 0.3) is 0 Å². The molecule has 0 saturated carbocycles. The van der Waals surface area contributed by atoms with Crippen LogP contribution >= 0.6 is 0 Å². The summed E-state index contributed by atoms with van der Waals surface area (Å²) in [4.78, 5) is 8.93. The summed E-state index contributed by atoms with van der Waals surface area (Å²) in [5.41, 5.74) is 9.29. The van der Waals surface area contributed by atoms with E-state index in [1.165, 1.54) is 4.57 Å². The molecule has 3 heterocycles. The summed E-state index contributed by atoms with van der Waals surface area (Å²) >= 11 is 0. The van der Waals surface area contributed by atoms with E-state index in [2.05, 4.69) is 47.8 Å². The maximum absolute atomic E-state index is 13.3. The lowest BCUT2D eigenvalue weighted by Crippen LogP contribution is -2.26. The van der Waals surface area contributed by atoms with Crippen molar-refractivity contribution in [3.05, 3.63) is 54.5 Å². The van der Waals surface area contributed by atoms with Crippen molar-refractivity contribution in [2.75, 3.05) is 18.8 Å². The number of nitrogens with two attached hydrogens (primary N) is 1. The van der Waals surface area contributed by atoms with Crippen molar-refractivity contribution in [3.8, 4) is 0 Å². The van der Waals surface area contributed by atoms with Crippen LogP contribution in [-0.4, -0.2) is 45.2 Å². The second-order valence-electron chi connectivity index (χ2n) is 9.40. The number of anilines is 1. The second kappa shape index (κ2) is 9.24. The van der Waals surface area contributed by atoms with Crippen molar-refractivity contribution in [1.29, 1.82) is 0 Å². The van der Waals surface area contributed by atoms with Crippen LogP contribution in [0.3, 0.4) is 0 Å². The molecule has 7 nitrogen and oxygen atoms in total. The van der Waals surface area contributed by atoms with Gasteiger partial charge in [0, 0.05) is 28.5 Å². The Morgan fingerprint density at radius 3 is 2.74 bits per heavy atom. The molecule has 0 bridgehead atoms. The fourth-order valence-corrected chi connectivity index (χ4v) is 4.31. The predicted molar refractivity (Wildman–Crippen MR) is 135 cm³/mol. The monoisotopic (exact) mass is 485 g/mol. The van der Waals surface area contributed by atoms with Gasteiger partial charge in [-0.2, -0.15) is 18.3 Å². The molecule has 35 heavy (non-hydrogen) atoms. The highest BCUT2D eigenvalue weighted by Crippen LogP contribution is 2.30. The van der Waals surface area contributed by atoms with Gasteiger partial charge in [-0.05, 0) is 38.5 Å². The number of nitrogens with zero attached hydrogens (tertiary/aromatic N) is 5. The second-order valence-corrected chi connectivity index (χ2v) is 9.40. The molecule has 1 aliphatic heterocycles. The van der Waals surface area contributed by atoms with Gasteiger partial charge in [-0.3, -0.25) is 9.67 Å². The Balaban J connectivity index is 1.50. The first-order chi connectivity index (χ1) is 16.5. The van der Waals surface area contributed by atoms with Crippen LogP contribution < -0.4 is 11.1 Å². The SMILES string of the molecule is C=C(NCC1=NC(c2cc3c(N)cccc3n2CC(F)(F)F)=NC1)c1cnn(C(C)(C)CCC)c1. The van der Waals surface area contributed by atoms with E-state index in [-0.39, 0.29) is 11.4 Å². The van der Waals surface area contributed by atoms with Gasteiger partial charge in [-0.1, -0.05) is 26.0 Å². The maximum atomic E-state index is 13.3. The van der Waals surface area contributed by atoms with E-state index in [1.54, 1.807) is 30.5 Å².